The van der Waals surface area contributed by atoms with Gasteiger partial charge in [-0.3, -0.25) is 4.79 Å². The summed E-state index contributed by atoms with van der Waals surface area (Å²) in [5.41, 5.74) is 1.25. The highest BCUT2D eigenvalue weighted by Gasteiger charge is 2.08. The number of halogens is 1. The number of ketones is 1. The van der Waals surface area contributed by atoms with Gasteiger partial charge in [0, 0.05) is 35.1 Å². The van der Waals surface area contributed by atoms with Crippen molar-refractivity contribution in [3.05, 3.63) is 83.4 Å². The number of nitrogens with zero attached hydrogens (tertiary/aromatic N) is 2. The fraction of sp³-hybridized carbons (Fsp3) is 0.158. The molecule has 4 nitrogen and oxygen atoms in total. The lowest BCUT2D eigenvalue weighted by Crippen LogP contribution is -2.04. The van der Waals surface area contributed by atoms with E-state index in [0.29, 0.717) is 22.8 Å². The van der Waals surface area contributed by atoms with Gasteiger partial charge < -0.3 is 9.30 Å². The predicted molar refractivity (Wildman–Crippen MR) is 93.7 cm³/mol. The zero-order valence-electron chi connectivity index (χ0n) is 13.1. The van der Waals surface area contributed by atoms with E-state index in [0.717, 1.165) is 18.7 Å². The highest BCUT2D eigenvalue weighted by Crippen LogP contribution is 2.17. The van der Waals surface area contributed by atoms with Crippen LogP contribution in [0.15, 0.2) is 67.3 Å². The highest BCUT2D eigenvalue weighted by molar-refractivity contribution is 6.30. The molecule has 2 aromatic carbocycles. The van der Waals surface area contributed by atoms with E-state index in [2.05, 4.69) is 4.98 Å². The Bertz CT molecular complexity index is 781. The van der Waals surface area contributed by atoms with E-state index in [1.807, 2.05) is 22.9 Å². The molecule has 0 aliphatic heterocycles. The van der Waals surface area contributed by atoms with Gasteiger partial charge in [-0.25, -0.2) is 4.98 Å². The predicted octanol–water partition coefficient (Wildman–Crippen LogP) is 4.24. The smallest absolute Gasteiger partial charge is 0.193 e. The molecule has 0 atom stereocenters. The number of carbonyl (C=O) groups is 1. The second kappa shape index (κ2) is 7.79. The molecule has 0 aliphatic carbocycles. The molecule has 1 aromatic heterocycles. The van der Waals surface area contributed by atoms with Gasteiger partial charge in [0.25, 0.3) is 0 Å². The molecule has 0 N–H and O–H groups in total. The molecule has 0 amide bonds. The molecule has 0 unspecified atom stereocenters. The van der Waals surface area contributed by atoms with Crippen LogP contribution in [0.4, 0.5) is 0 Å². The van der Waals surface area contributed by atoms with Crippen LogP contribution in [-0.2, 0) is 6.54 Å². The second-order valence-corrected chi connectivity index (χ2v) is 5.80. The van der Waals surface area contributed by atoms with Gasteiger partial charge in [-0.2, -0.15) is 0 Å². The second-order valence-electron chi connectivity index (χ2n) is 5.36. The Morgan fingerprint density at radius 3 is 2.33 bits per heavy atom. The Kier molecular flexibility index (Phi) is 5.29. The first kappa shape index (κ1) is 16.3. The highest BCUT2D eigenvalue weighted by atomic mass is 35.5. The van der Waals surface area contributed by atoms with Crippen LogP contribution >= 0.6 is 11.6 Å². The third kappa shape index (κ3) is 4.24. The summed E-state index contributed by atoms with van der Waals surface area (Å²) in [5, 5.41) is 0.617. The van der Waals surface area contributed by atoms with E-state index in [4.69, 9.17) is 16.3 Å². The molecule has 3 rings (SSSR count). The molecule has 0 spiro atoms. The Balaban J connectivity index is 1.53. The molecule has 0 radical (unpaired) electrons. The molecule has 0 saturated carbocycles. The third-order valence-corrected chi connectivity index (χ3v) is 3.86. The lowest BCUT2D eigenvalue weighted by molar-refractivity contribution is 0.103. The quantitative estimate of drug-likeness (QED) is 0.477. The number of hydrogen-bond acceptors (Lipinski definition) is 3. The number of rotatable bonds is 7. The van der Waals surface area contributed by atoms with Crippen molar-refractivity contribution >= 4 is 17.4 Å². The lowest BCUT2D eigenvalue weighted by atomic mass is 10.0. The summed E-state index contributed by atoms with van der Waals surface area (Å²) in [6.45, 7) is 1.48. The number of hydrogen-bond donors (Lipinski definition) is 0. The minimum absolute atomic E-state index is 0.0293. The SMILES string of the molecule is O=C(c1ccc(Cl)cc1)c1ccc(OCCCn2ccnc2)cc1. The Morgan fingerprint density at radius 2 is 1.71 bits per heavy atom. The molecule has 0 saturated heterocycles. The molecule has 0 bridgehead atoms. The van der Waals surface area contributed by atoms with Gasteiger partial charge in [-0.15, -0.1) is 0 Å². The summed E-state index contributed by atoms with van der Waals surface area (Å²) < 4.78 is 7.71. The van der Waals surface area contributed by atoms with Crippen molar-refractivity contribution in [3.8, 4) is 5.75 Å². The molecule has 5 heteroatoms. The monoisotopic (exact) mass is 340 g/mol. The van der Waals surface area contributed by atoms with Crippen LogP contribution in [0.5, 0.6) is 5.75 Å². The summed E-state index contributed by atoms with van der Waals surface area (Å²) in [5.74, 6) is 0.728. The Labute approximate surface area is 145 Å². The van der Waals surface area contributed by atoms with Gasteiger partial charge in [0.1, 0.15) is 5.75 Å². The van der Waals surface area contributed by atoms with Crippen LogP contribution in [0.25, 0.3) is 0 Å². The van der Waals surface area contributed by atoms with Gasteiger partial charge in [-0.05, 0) is 55.0 Å². The zero-order valence-corrected chi connectivity index (χ0v) is 13.8. The maximum Gasteiger partial charge on any atom is 0.193 e. The van der Waals surface area contributed by atoms with E-state index in [-0.39, 0.29) is 5.78 Å². The number of benzene rings is 2. The zero-order chi connectivity index (χ0) is 16.8. The standard InChI is InChI=1S/C19H17ClN2O2/c20-17-6-2-15(3-7-17)19(23)16-4-8-18(9-5-16)24-13-1-11-22-12-10-21-14-22/h2-10,12,14H,1,11,13H2. The van der Waals surface area contributed by atoms with Crippen LogP contribution in [0.2, 0.25) is 5.02 Å². The summed E-state index contributed by atoms with van der Waals surface area (Å²) in [7, 11) is 0. The molecule has 0 aliphatic rings. The third-order valence-electron chi connectivity index (χ3n) is 3.61. The molecule has 1 heterocycles. The van der Waals surface area contributed by atoms with Crippen molar-refractivity contribution in [1.82, 2.24) is 9.55 Å². The normalized spacial score (nSPS) is 10.5. The minimum atomic E-state index is -0.0293. The largest absolute Gasteiger partial charge is 0.494 e. The van der Waals surface area contributed by atoms with Crippen molar-refractivity contribution in [1.29, 1.82) is 0 Å². The number of ether oxygens (including phenoxy) is 1. The van der Waals surface area contributed by atoms with Crippen molar-refractivity contribution in [2.24, 2.45) is 0 Å². The fourth-order valence-electron chi connectivity index (χ4n) is 2.33. The van der Waals surface area contributed by atoms with E-state index < -0.39 is 0 Å². The van der Waals surface area contributed by atoms with Crippen LogP contribution in [0.1, 0.15) is 22.3 Å². The Morgan fingerprint density at radius 1 is 1.04 bits per heavy atom. The van der Waals surface area contributed by atoms with E-state index in [9.17, 15) is 4.79 Å². The van der Waals surface area contributed by atoms with Crippen molar-refractivity contribution < 1.29 is 9.53 Å². The summed E-state index contributed by atoms with van der Waals surface area (Å²) >= 11 is 5.84. The van der Waals surface area contributed by atoms with Crippen LogP contribution in [0, 0.1) is 0 Å². The minimum Gasteiger partial charge on any atom is -0.494 e. The molecular formula is C19H17ClN2O2. The molecule has 122 valence electrons. The molecule has 3 aromatic rings. The van der Waals surface area contributed by atoms with Crippen LogP contribution < -0.4 is 4.74 Å². The summed E-state index contributed by atoms with van der Waals surface area (Å²) in [4.78, 5) is 16.4. The number of imidazole rings is 1. The lowest BCUT2D eigenvalue weighted by Gasteiger charge is -2.07. The first-order valence-corrected chi connectivity index (χ1v) is 8.09. The van der Waals surface area contributed by atoms with Gasteiger partial charge in [0.2, 0.25) is 0 Å². The fourth-order valence-corrected chi connectivity index (χ4v) is 2.45. The maximum absolute atomic E-state index is 12.4. The number of aryl methyl sites for hydroxylation is 1. The first-order valence-electron chi connectivity index (χ1n) is 7.71. The summed E-state index contributed by atoms with van der Waals surface area (Å²) in [6, 6.07) is 14.1. The van der Waals surface area contributed by atoms with Gasteiger partial charge in [0.15, 0.2) is 5.78 Å². The van der Waals surface area contributed by atoms with Gasteiger partial charge in [-0.1, -0.05) is 11.6 Å². The number of aromatic nitrogens is 2. The van der Waals surface area contributed by atoms with Crippen LogP contribution in [-0.4, -0.2) is 21.9 Å². The first-order chi connectivity index (χ1) is 11.7. The molecule has 24 heavy (non-hydrogen) atoms. The average Bonchev–Trinajstić information content (AvgIpc) is 3.13. The molecular weight excluding hydrogens is 324 g/mol. The summed E-state index contributed by atoms with van der Waals surface area (Å²) in [6.07, 6.45) is 6.37. The van der Waals surface area contributed by atoms with Crippen molar-refractivity contribution in [2.45, 2.75) is 13.0 Å². The average molecular weight is 341 g/mol. The topological polar surface area (TPSA) is 44.1 Å². The van der Waals surface area contributed by atoms with Crippen molar-refractivity contribution in [2.75, 3.05) is 6.61 Å². The molecule has 0 fully saturated rings. The van der Waals surface area contributed by atoms with E-state index in [1.165, 1.54) is 0 Å². The van der Waals surface area contributed by atoms with Gasteiger partial charge >= 0.3 is 0 Å². The maximum atomic E-state index is 12.4. The Hall–Kier alpha value is -2.59. The van der Waals surface area contributed by atoms with E-state index >= 15 is 0 Å². The van der Waals surface area contributed by atoms with Crippen molar-refractivity contribution in [3.63, 3.8) is 0 Å². The van der Waals surface area contributed by atoms with Crippen LogP contribution in [0.3, 0.4) is 0 Å². The number of carbonyl (C=O) groups excluding carboxylic acids is 1. The van der Waals surface area contributed by atoms with Gasteiger partial charge in [0.05, 0.1) is 12.9 Å². The van der Waals surface area contributed by atoms with E-state index in [1.54, 1.807) is 48.9 Å².